The number of carbonyl (C=O) groups excluding carboxylic acids is 1. The van der Waals surface area contributed by atoms with E-state index in [1.807, 2.05) is 4.90 Å². The van der Waals surface area contributed by atoms with Crippen LogP contribution in [0.1, 0.15) is 30.6 Å². The van der Waals surface area contributed by atoms with Gasteiger partial charge in [-0.3, -0.25) is 4.79 Å². The fraction of sp³-hybridized carbons (Fsp3) is 0.533. The minimum absolute atomic E-state index is 0.0145. The van der Waals surface area contributed by atoms with Crippen molar-refractivity contribution in [1.82, 2.24) is 19.5 Å². The number of rotatable bonds is 4. The number of aromatic nitrogens is 3. The molecule has 1 amide bonds. The van der Waals surface area contributed by atoms with E-state index in [9.17, 15) is 4.79 Å². The lowest BCUT2D eigenvalue weighted by Gasteiger charge is -2.16. The monoisotopic (exact) mass is 288 g/mol. The summed E-state index contributed by atoms with van der Waals surface area (Å²) in [5.41, 5.74) is 1.16. The number of ether oxygens (including phenoxy) is 1. The number of carbonyl (C=O) groups is 1. The Morgan fingerprint density at radius 2 is 2.38 bits per heavy atom. The van der Waals surface area contributed by atoms with Crippen molar-refractivity contribution >= 4 is 11.6 Å². The van der Waals surface area contributed by atoms with E-state index in [-0.39, 0.29) is 12.0 Å². The molecule has 1 atom stereocenters. The van der Waals surface area contributed by atoms with Crippen LogP contribution in [0, 0.1) is 5.92 Å². The van der Waals surface area contributed by atoms with Gasteiger partial charge >= 0.3 is 0 Å². The Labute approximate surface area is 123 Å². The number of amides is 1. The summed E-state index contributed by atoms with van der Waals surface area (Å²) in [4.78, 5) is 18.6. The van der Waals surface area contributed by atoms with Crippen LogP contribution in [0.25, 0.3) is 5.65 Å². The van der Waals surface area contributed by atoms with Gasteiger partial charge in [0.25, 0.3) is 5.91 Å². The lowest BCUT2D eigenvalue weighted by molar-refractivity contribution is 0.0397. The van der Waals surface area contributed by atoms with Crippen LogP contribution in [-0.4, -0.2) is 51.2 Å². The first-order chi connectivity index (χ1) is 10.1. The maximum absolute atomic E-state index is 12.6. The lowest BCUT2D eigenvalue weighted by Crippen LogP contribution is -2.30. The van der Waals surface area contributed by atoms with Gasteiger partial charge in [-0.1, -0.05) is 13.8 Å². The fourth-order valence-corrected chi connectivity index (χ4v) is 2.53. The zero-order chi connectivity index (χ0) is 14.8. The second-order valence-corrected chi connectivity index (χ2v) is 5.84. The summed E-state index contributed by atoms with van der Waals surface area (Å²) in [5, 5.41) is 4.17. The molecule has 1 aliphatic rings. The standard InChI is InChI=1S/C15H20N4O2/c1-11(2)10-21-12-4-7-18(9-12)15(20)13-8-17-19-6-3-5-16-14(13)19/h3,5-6,8,11-12H,4,7,9-10H2,1-2H3. The molecule has 1 aliphatic heterocycles. The maximum Gasteiger partial charge on any atom is 0.259 e. The largest absolute Gasteiger partial charge is 0.376 e. The third kappa shape index (κ3) is 2.90. The molecule has 6 heteroatoms. The highest BCUT2D eigenvalue weighted by Gasteiger charge is 2.29. The minimum Gasteiger partial charge on any atom is -0.376 e. The minimum atomic E-state index is -0.0145. The molecule has 3 rings (SSSR count). The first kappa shape index (κ1) is 14.0. The molecule has 2 aromatic rings. The summed E-state index contributed by atoms with van der Waals surface area (Å²) in [5.74, 6) is 0.498. The van der Waals surface area contributed by atoms with Crippen molar-refractivity contribution in [2.45, 2.75) is 26.4 Å². The van der Waals surface area contributed by atoms with Crippen molar-refractivity contribution in [2.75, 3.05) is 19.7 Å². The molecule has 0 radical (unpaired) electrons. The topological polar surface area (TPSA) is 59.7 Å². The van der Waals surface area contributed by atoms with E-state index in [4.69, 9.17) is 4.74 Å². The Morgan fingerprint density at radius 3 is 3.19 bits per heavy atom. The zero-order valence-electron chi connectivity index (χ0n) is 12.4. The van der Waals surface area contributed by atoms with Crippen LogP contribution in [0.5, 0.6) is 0 Å². The first-order valence-electron chi connectivity index (χ1n) is 7.34. The summed E-state index contributed by atoms with van der Waals surface area (Å²) < 4.78 is 7.44. The average molecular weight is 288 g/mol. The van der Waals surface area contributed by atoms with Crippen LogP contribution in [0.4, 0.5) is 0 Å². The van der Waals surface area contributed by atoms with E-state index in [1.165, 1.54) is 0 Å². The molecular formula is C15H20N4O2. The van der Waals surface area contributed by atoms with Crippen molar-refractivity contribution in [1.29, 1.82) is 0 Å². The van der Waals surface area contributed by atoms with Gasteiger partial charge in [0.05, 0.1) is 12.3 Å². The third-order valence-corrected chi connectivity index (χ3v) is 3.61. The van der Waals surface area contributed by atoms with Gasteiger partial charge < -0.3 is 9.64 Å². The number of likely N-dealkylation sites (tertiary alicyclic amines) is 1. The first-order valence-corrected chi connectivity index (χ1v) is 7.34. The van der Waals surface area contributed by atoms with E-state index >= 15 is 0 Å². The normalized spacial score (nSPS) is 18.8. The van der Waals surface area contributed by atoms with Crippen molar-refractivity contribution in [3.63, 3.8) is 0 Å². The van der Waals surface area contributed by atoms with Crippen LogP contribution in [0.3, 0.4) is 0 Å². The van der Waals surface area contributed by atoms with E-state index in [1.54, 1.807) is 29.2 Å². The molecular weight excluding hydrogens is 268 g/mol. The summed E-state index contributed by atoms with van der Waals surface area (Å²) in [6.45, 7) is 6.37. The van der Waals surface area contributed by atoms with Crippen molar-refractivity contribution in [3.05, 3.63) is 30.2 Å². The predicted octanol–water partition coefficient (Wildman–Crippen LogP) is 1.62. The van der Waals surface area contributed by atoms with Crippen LogP contribution in [-0.2, 0) is 4.74 Å². The quantitative estimate of drug-likeness (QED) is 0.857. The summed E-state index contributed by atoms with van der Waals surface area (Å²) in [7, 11) is 0. The van der Waals surface area contributed by atoms with Crippen LogP contribution in [0.15, 0.2) is 24.7 Å². The number of nitrogens with zero attached hydrogens (tertiary/aromatic N) is 4. The highest BCUT2D eigenvalue weighted by Crippen LogP contribution is 2.18. The molecule has 1 fully saturated rings. The smallest absolute Gasteiger partial charge is 0.259 e. The summed E-state index contributed by atoms with van der Waals surface area (Å²) in [6, 6.07) is 1.79. The highest BCUT2D eigenvalue weighted by molar-refractivity contribution is 5.99. The van der Waals surface area contributed by atoms with Gasteiger partial charge in [0.15, 0.2) is 5.65 Å². The molecule has 1 unspecified atom stereocenters. The fourth-order valence-electron chi connectivity index (χ4n) is 2.53. The van der Waals surface area contributed by atoms with E-state index in [0.29, 0.717) is 23.7 Å². The lowest BCUT2D eigenvalue weighted by atomic mass is 10.2. The molecule has 1 saturated heterocycles. The second kappa shape index (κ2) is 5.81. The second-order valence-electron chi connectivity index (χ2n) is 5.84. The predicted molar refractivity (Wildman–Crippen MR) is 78.1 cm³/mol. The SMILES string of the molecule is CC(C)COC1CCN(C(=O)c2cnn3cccnc23)C1. The molecule has 21 heavy (non-hydrogen) atoms. The Bertz CT molecular complexity index is 637. The van der Waals surface area contributed by atoms with Gasteiger partial charge in [0.2, 0.25) is 0 Å². The molecule has 0 N–H and O–H groups in total. The molecule has 0 bridgehead atoms. The Hall–Kier alpha value is -1.95. The van der Waals surface area contributed by atoms with Gasteiger partial charge in [0.1, 0.15) is 5.56 Å². The van der Waals surface area contributed by atoms with Gasteiger partial charge in [-0.25, -0.2) is 9.50 Å². The Kier molecular flexibility index (Phi) is 3.88. The third-order valence-electron chi connectivity index (χ3n) is 3.61. The number of hydrogen-bond acceptors (Lipinski definition) is 4. The van der Waals surface area contributed by atoms with Crippen LogP contribution >= 0.6 is 0 Å². The van der Waals surface area contributed by atoms with Crippen LogP contribution < -0.4 is 0 Å². The summed E-state index contributed by atoms with van der Waals surface area (Å²) in [6.07, 6.45) is 6.09. The Balaban J connectivity index is 1.69. The van der Waals surface area contributed by atoms with Crippen LogP contribution in [0.2, 0.25) is 0 Å². The van der Waals surface area contributed by atoms with Crippen molar-refractivity contribution in [3.8, 4) is 0 Å². The molecule has 3 heterocycles. The van der Waals surface area contributed by atoms with E-state index in [0.717, 1.165) is 19.6 Å². The average Bonchev–Trinajstić information content (AvgIpc) is 3.11. The molecule has 0 aromatic carbocycles. The van der Waals surface area contributed by atoms with Gasteiger partial charge in [-0.2, -0.15) is 5.10 Å². The number of hydrogen-bond donors (Lipinski definition) is 0. The van der Waals surface area contributed by atoms with E-state index in [2.05, 4.69) is 23.9 Å². The molecule has 0 aliphatic carbocycles. The molecule has 0 spiro atoms. The molecule has 112 valence electrons. The maximum atomic E-state index is 12.6. The molecule has 0 saturated carbocycles. The van der Waals surface area contributed by atoms with Crippen molar-refractivity contribution in [2.24, 2.45) is 5.92 Å². The Morgan fingerprint density at radius 1 is 1.52 bits per heavy atom. The molecule has 6 nitrogen and oxygen atoms in total. The van der Waals surface area contributed by atoms with E-state index < -0.39 is 0 Å². The molecule has 2 aromatic heterocycles. The number of fused-ring (bicyclic) bond motifs is 1. The summed E-state index contributed by atoms with van der Waals surface area (Å²) >= 11 is 0. The highest BCUT2D eigenvalue weighted by atomic mass is 16.5. The van der Waals surface area contributed by atoms with Gasteiger partial charge in [-0.15, -0.1) is 0 Å². The van der Waals surface area contributed by atoms with Gasteiger partial charge in [-0.05, 0) is 18.4 Å². The van der Waals surface area contributed by atoms with Gasteiger partial charge in [0, 0.05) is 32.1 Å². The zero-order valence-corrected chi connectivity index (χ0v) is 12.4. The van der Waals surface area contributed by atoms with Crippen molar-refractivity contribution < 1.29 is 9.53 Å².